The maximum atomic E-state index is 10.7. The van der Waals surface area contributed by atoms with E-state index in [1.54, 1.807) is 11.7 Å². The maximum absolute atomic E-state index is 10.7. The molecule has 0 N–H and O–H groups in total. The van der Waals surface area contributed by atoms with Crippen molar-refractivity contribution in [3.63, 3.8) is 0 Å². The van der Waals surface area contributed by atoms with Crippen LogP contribution in [0.5, 0.6) is 0 Å². The van der Waals surface area contributed by atoms with Gasteiger partial charge in [0.1, 0.15) is 0 Å². The maximum Gasteiger partial charge on any atom is 0.0458 e. The van der Waals surface area contributed by atoms with Crippen molar-refractivity contribution in [2.24, 2.45) is 0 Å². The largest absolute Gasteiger partial charge is 0.300 e. The fraction of sp³-hybridized carbons (Fsp3) is 0.455. The Bertz CT molecular complexity index is 254. The molecule has 0 aliphatic rings. The first-order valence-electron chi connectivity index (χ1n) is 4.54. The van der Waals surface area contributed by atoms with Crippen LogP contribution in [0.2, 0.25) is 0 Å². The summed E-state index contributed by atoms with van der Waals surface area (Å²) in [6.07, 6.45) is 11.6. The van der Waals surface area contributed by atoms with Gasteiger partial charge in [0.2, 0.25) is 0 Å². The smallest absolute Gasteiger partial charge is 0.0458 e. The van der Waals surface area contributed by atoms with E-state index in [9.17, 15) is 4.21 Å². The van der Waals surface area contributed by atoms with Gasteiger partial charge in [-0.1, -0.05) is 30.4 Å². The average Bonchev–Trinajstić information content (AvgIpc) is 2.09. The second-order valence-corrected chi connectivity index (χ2v) is 4.46. The number of hydrogen-bond acceptors (Lipinski definition) is 2. The number of allylic oxidation sites excluding steroid dienone is 3. The zero-order valence-corrected chi connectivity index (χ0v) is 10.1. The third-order valence-electron chi connectivity index (χ3n) is 1.68. The van der Waals surface area contributed by atoms with Crippen LogP contribution in [0.4, 0.5) is 0 Å². The Labute approximate surface area is 89.5 Å². The summed E-state index contributed by atoms with van der Waals surface area (Å²) in [4.78, 5) is 2.10. The summed E-state index contributed by atoms with van der Waals surface area (Å²) in [6.45, 7) is 2.00. The molecule has 80 valence electrons. The van der Waals surface area contributed by atoms with Gasteiger partial charge in [-0.2, -0.15) is 0 Å². The van der Waals surface area contributed by atoms with Gasteiger partial charge in [-0.15, -0.1) is 0 Å². The molecular weight excluding hydrogens is 194 g/mol. The van der Waals surface area contributed by atoms with Crippen molar-refractivity contribution in [1.29, 1.82) is 0 Å². The molecule has 0 radical (unpaired) electrons. The highest BCUT2D eigenvalue weighted by Gasteiger charge is 1.99. The van der Waals surface area contributed by atoms with Crippen LogP contribution < -0.4 is 0 Å². The molecule has 0 bridgehead atoms. The molecule has 0 aliphatic carbocycles. The summed E-state index contributed by atoms with van der Waals surface area (Å²) in [5.74, 6) is 0. The molecule has 0 amide bonds. The minimum absolute atomic E-state index is 0.301. The van der Waals surface area contributed by atoms with E-state index in [4.69, 9.17) is 0 Å². The normalized spacial score (nSPS) is 17.5. The predicted octanol–water partition coefficient (Wildman–Crippen LogP) is 1.94. The highest BCUT2D eigenvalue weighted by molar-refractivity contribution is 7.87. The van der Waals surface area contributed by atoms with E-state index in [1.807, 2.05) is 39.2 Å². The molecule has 0 saturated carbocycles. The Hall–Kier alpha value is -0.670. The number of nitrogens with zero attached hydrogens (tertiary/aromatic N) is 1. The van der Waals surface area contributed by atoms with Gasteiger partial charge in [-0.25, -0.2) is 0 Å². The SMILES string of the molecule is C/C=C\C(C=C/C=C/S(C)=O)N(C)C. The van der Waals surface area contributed by atoms with Crippen molar-refractivity contribution >= 4 is 10.8 Å². The predicted molar refractivity (Wildman–Crippen MR) is 64.6 cm³/mol. The van der Waals surface area contributed by atoms with Crippen LogP contribution in [0, 0.1) is 0 Å². The van der Waals surface area contributed by atoms with Crippen LogP contribution in [0.1, 0.15) is 6.92 Å². The second kappa shape index (κ2) is 7.71. The monoisotopic (exact) mass is 213 g/mol. The topological polar surface area (TPSA) is 20.3 Å². The molecule has 2 unspecified atom stereocenters. The highest BCUT2D eigenvalue weighted by Crippen LogP contribution is 1.98. The molecule has 2 atom stereocenters. The van der Waals surface area contributed by atoms with Crippen LogP contribution in [-0.2, 0) is 10.8 Å². The average molecular weight is 213 g/mol. The molecule has 0 aromatic heterocycles. The lowest BCUT2D eigenvalue weighted by atomic mass is 10.2. The van der Waals surface area contributed by atoms with Gasteiger partial charge >= 0.3 is 0 Å². The zero-order valence-electron chi connectivity index (χ0n) is 9.31. The Balaban J connectivity index is 4.22. The van der Waals surface area contributed by atoms with Crippen molar-refractivity contribution < 1.29 is 4.21 Å². The summed E-state index contributed by atoms with van der Waals surface area (Å²) >= 11 is 0. The van der Waals surface area contributed by atoms with Crippen molar-refractivity contribution in [1.82, 2.24) is 4.90 Å². The lowest BCUT2D eigenvalue weighted by molar-refractivity contribution is 0.391. The number of hydrogen-bond donors (Lipinski definition) is 0. The van der Waals surface area contributed by atoms with Gasteiger partial charge in [0, 0.05) is 28.5 Å². The van der Waals surface area contributed by atoms with Crippen LogP contribution >= 0.6 is 0 Å². The standard InChI is InChI=1S/C11H19NOS/c1-5-8-11(12(2)3)9-6-7-10-14(4)13/h5-11H,1-4H3/b8-5-,9-6?,10-7+. The van der Waals surface area contributed by atoms with Crippen molar-refractivity contribution in [2.45, 2.75) is 13.0 Å². The third-order valence-corrected chi connectivity index (χ3v) is 2.22. The lowest BCUT2D eigenvalue weighted by Gasteiger charge is -2.16. The first kappa shape index (κ1) is 13.3. The zero-order chi connectivity index (χ0) is 11.0. The van der Waals surface area contributed by atoms with Gasteiger partial charge in [-0.3, -0.25) is 9.11 Å². The quantitative estimate of drug-likeness (QED) is 0.514. The molecule has 0 heterocycles. The fourth-order valence-electron chi connectivity index (χ4n) is 0.940. The fourth-order valence-corrected chi connectivity index (χ4v) is 1.25. The molecule has 0 aromatic rings. The van der Waals surface area contributed by atoms with Crippen LogP contribution in [-0.4, -0.2) is 35.5 Å². The van der Waals surface area contributed by atoms with Gasteiger partial charge in [0.15, 0.2) is 0 Å². The summed E-state index contributed by atoms with van der Waals surface area (Å²) < 4.78 is 10.7. The van der Waals surface area contributed by atoms with E-state index < -0.39 is 10.8 Å². The molecule has 0 fully saturated rings. The van der Waals surface area contributed by atoms with Gasteiger partial charge in [0.25, 0.3) is 0 Å². The van der Waals surface area contributed by atoms with E-state index in [0.29, 0.717) is 6.04 Å². The van der Waals surface area contributed by atoms with Gasteiger partial charge in [-0.05, 0) is 21.0 Å². The lowest BCUT2D eigenvalue weighted by Crippen LogP contribution is -2.23. The minimum Gasteiger partial charge on any atom is -0.300 e. The Kier molecular flexibility index (Phi) is 7.34. The molecule has 0 aromatic carbocycles. The Morgan fingerprint density at radius 3 is 2.29 bits per heavy atom. The molecule has 3 heteroatoms. The molecular formula is C11H19NOS. The number of likely N-dealkylation sites (N-methyl/N-ethyl adjacent to an activating group) is 1. The molecule has 0 rings (SSSR count). The molecule has 14 heavy (non-hydrogen) atoms. The van der Waals surface area contributed by atoms with E-state index in [2.05, 4.69) is 17.1 Å². The van der Waals surface area contributed by atoms with Crippen LogP contribution in [0.15, 0.2) is 35.8 Å². The molecule has 0 saturated heterocycles. The van der Waals surface area contributed by atoms with Gasteiger partial charge < -0.3 is 0 Å². The highest BCUT2D eigenvalue weighted by atomic mass is 32.2. The second-order valence-electron chi connectivity index (χ2n) is 3.19. The summed E-state index contributed by atoms with van der Waals surface area (Å²) in [5.41, 5.74) is 0. The first-order chi connectivity index (χ1) is 6.57. The Morgan fingerprint density at radius 1 is 1.21 bits per heavy atom. The summed E-state index contributed by atoms with van der Waals surface area (Å²) in [7, 11) is 3.19. The van der Waals surface area contributed by atoms with E-state index in [1.165, 1.54) is 0 Å². The van der Waals surface area contributed by atoms with Crippen molar-refractivity contribution in [3.05, 3.63) is 35.8 Å². The Morgan fingerprint density at radius 2 is 1.86 bits per heavy atom. The molecule has 2 nitrogen and oxygen atoms in total. The van der Waals surface area contributed by atoms with Crippen molar-refractivity contribution in [2.75, 3.05) is 20.4 Å². The van der Waals surface area contributed by atoms with Crippen LogP contribution in [0.25, 0.3) is 0 Å². The first-order valence-corrected chi connectivity index (χ1v) is 6.16. The third kappa shape index (κ3) is 6.80. The summed E-state index contributed by atoms with van der Waals surface area (Å²) in [6, 6.07) is 0.301. The summed E-state index contributed by atoms with van der Waals surface area (Å²) in [5, 5.41) is 1.67. The van der Waals surface area contributed by atoms with E-state index in [-0.39, 0.29) is 0 Å². The number of rotatable bonds is 5. The van der Waals surface area contributed by atoms with E-state index in [0.717, 1.165) is 0 Å². The van der Waals surface area contributed by atoms with Crippen LogP contribution in [0.3, 0.4) is 0 Å². The van der Waals surface area contributed by atoms with Crippen molar-refractivity contribution in [3.8, 4) is 0 Å². The molecule has 0 aliphatic heterocycles. The molecule has 0 spiro atoms. The van der Waals surface area contributed by atoms with E-state index >= 15 is 0 Å². The van der Waals surface area contributed by atoms with Gasteiger partial charge in [0.05, 0.1) is 0 Å². The minimum atomic E-state index is -0.858.